The molecule has 1 atom stereocenters. The molecule has 82 valence electrons. The molecule has 3 heteroatoms. The molecule has 1 aromatic carbocycles. The van der Waals surface area contributed by atoms with Gasteiger partial charge in [0.1, 0.15) is 5.75 Å². The van der Waals surface area contributed by atoms with E-state index >= 15 is 0 Å². The summed E-state index contributed by atoms with van der Waals surface area (Å²) in [5, 5.41) is 4.59. The van der Waals surface area contributed by atoms with E-state index in [1.807, 2.05) is 42.5 Å². The number of hydrogen-bond donors (Lipinski definition) is 0. The number of nitrogens with zero attached hydrogens (tertiary/aromatic N) is 1. The molecule has 0 fully saturated rings. The molecule has 1 aromatic rings. The molecule has 2 rings (SSSR count). The van der Waals surface area contributed by atoms with Gasteiger partial charge in [-0.1, -0.05) is 37.3 Å². The van der Waals surface area contributed by atoms with Gasteiger partial charge >= 0.3 is 18.9 Å². The Hall–Kier alpha value is -1.32. The zero-order valence-corrected chi connectivity index (χ0v) is 10.5. The van der Waals surface area contributed by atoms with Gasteiger partial charge in [0.05, 0.1) is 7.11 Å². The summed E-state index contributed by atoms with van der Waals surface area (Å²) < 4.78 is 5.10. The van der Waals surface area contributed by atoms with Gasteiger partial charge in [0.2, 0.25) is 0 Å². The maximum absolute atomic E-state index is 5.10. The number of hydrogen-bond acceptors (Lipinski definition) is 1. The van der Waals surface area contributed by atoms with Crippen LogP contribution in [-0.4, -0.2) is 13.2 Å². The molecule has 0 spiro atoms. The second kappa shape index (κ2) is 6.42. The maximum atomic E-state index is 5.10. The van der Waals surface area contributed by atoms with E-state index in [1.165, 1.54) is 0 Å². The molecule has 0 aliphatic heterocycles. The second-order valence-electron chi connectivity index (χ2n) is 3.63. The molecule has 0 N–H and O–H groups in total. The van der Waals surface area contributed by atoms with Crippen LogP contribution in [0.3, 0.4) is 0 Å². The second-order valence-corrected chi connectivity index (χ2v) is 3.63. The summed E-state index contributed by atoms with van der Waals surface area (Å²) in [6, 6.07) is 7.89. The molecular formula is C14H14LiNO. The van der Waals surface area contributed by atoms with Gasteiger partial charge in [-0.2, -0.15) is 0 Å². The average Bonchev–Trinajstić information content (AvgIpc) is 2.83. The molecule has 0 heterocycles. The van der Waals surface area contributed by atoms with Gasteiger partial charge in [-0.05, 0) is 23.8 Å². The molecule has 1 aliphatic rings. The summed E-state index contributed by atoms with van der Waals surface area (Å²) in [6.45, 7) is 2.07. The van der Waals surface area contributed by atoms with Crippen LogP contribution in [-0.2, 0) is 0 Å². The molecule has 0 aromatic heterocycles. The number of rotatable bonds is 4. The predicted molar refractivity (Wildman–Crippen MR) is 66.2 cm³/mol. The van der Waals surface area contributed by atoms with E-state index in [1.54, 1.807) is 7.11 Å². The van der Waals surface area contributed by atoms with Crippen molar-refractivity contribution in [2.75, 3.05) is 7.11 Å². The van der Waals surface area contributed by atoms with Crippen LogP contribution in [0.25, 0.3) is 5.32 Å². The van der Waals surface area contributed by atoms with Crippen molar-refractivity contribution in [2.24, 2.45) is 0 Å². The van der Waals surface area contributed by atoms with E-state index in [9.17, 15) is 0 Å². The van der Waals surface area contributed by atoms with Gasteiger partial charge < -0.3 is 10.1 Å². The van der Waals surface area contributed by atoms with E-state index < -0.39 is 0 Å². The predicted octanol–water partition coefficient (Wildman–Crippen LogP) is 0.744. The first-order chi connectivity index (χ1) is 7.79. The van der Waals surface area contributed by atoms with Crippen molar-refractivity contribution in [3.8, 4) is 5.75 Å². The van der Waals surface area contributed by atoms with Crippen molar-refractivity contribution in [3.63, 3.8) is 0 Å². The van der Waals surface area contributed by atoms with Gasteiger partial charge in [0, 0.05) is 0 Å². The third-order valence-electron chi connectivity index (χ3n) is 2.49. The van der Waals surface area contributed by atoms with Crippen molar-refractivity contribution in [1.82, 2.24) is 0 Å². The monoisotopic (exact) mass is 219 g/mol. The third-order valence-corrected chi connectivity index (χ3v) is 2.49. The van der Waals surface area contributed by atoms with E-state index in [4.69, 9.17) is 4.74 Å². The fourth-order valence-electron chi connectivity index (χ4n) is 1.57. The minimum Gasteiger partial charge on any atom is -0.678 e. The van der Waals surface area contributed by atoms with E-state index in [2.05, 4.69) is 18.0 Å². The molecule has 0 unspecified atom stereocenters. The summed E-state index contributed by atoms with van der Waals surface area (Å²) in [6.07, 6.45) is 5.93. The van der Waals surface area contributed by atoms with Crippen LogP contribution in [0.4, 0.5) is 5.69 Å². The molecule has 2 nitrogen and oxygen atoms in total. The van der Waals surface area contributed by atoms with Crippen LogP contribution in [0.15, 0.2) is 53.8 Å². The van der Waals surface area contributed by atoms with Crippen LogP contribution in [0.5, 0.6) is 5.75 Å². The first-order valence-electron chi connectivity index (χ1n) is 5.28. The topological polar surface area (TPSA) is 23.3 Å². The summed E-state index contributed by atoms with van der Waals surface area (Å²) in [7, 11) is 1.66. The van der Waals surface area contributed by atoms with Gasteiger partial charge in [0.15, 0.2) is 0 Å². The van der Waals surface area contributed by atoms with Crippen molar-refractivity contribution in [2.45, 2.75) is 13.0 Å². The molecular weight excluding hydrogens is 205 g/mol. The number of benzene rings is 1. The van der Waals surface area contributed by atoms with Crippen molar-refractivity contribution in [3.05, 3.63) is 59.1 Å². The molecule has 1 aliphatic carbocycles. The van der Waals surface area contributed by atoms with E-state index in [0.29, 0.717) is 0 Å². The van der Waals surface area contributed by atoms with Gasteiger partial charge in [-0.3, -0.25) is 0 Å². The van der Waals surface area contributed by atoms with Crippen molar-refractivity contribution < 1.29 is 23.6 Å². The Balaban J connectivity index is 0.00000144. The molecule has 0 amide bonds. The molecule has 17 heavy (non-hydrogen) atoms. The van der Waals surface area contributed by atoms with Crippen LogP contribution in [0.2, 0.25) is 0 Å². The average molecular weight is 219 g/mol. The van der Waals surface area contributed by atoms with Crippen molar-refractivity contribution >= 4 is 5.69 Å². The minimum absolute atomic E-state index is 0. The number of allylic oxidation sites excluding steroid dienone is 1. The Kier molecular flexibility index (Phi) is 5.19. The summed E-state index contributed by atoms with van der Waals surface area (Å²) in [5.41, 5.74) is 5.24. The SMILES string of the molecule is COc1ccc([N-][C@H](C)C2=C=CC=C2)cc1.[Li+]. The third kappa shape index (κ3) is 3.58. The van der Waals surface area contributed by atoms with E-state index in [0.717, 1.165) is 17.0 Å². The van der Waals surface area contributed by atoms with Crippen molar-refractivity contribution in [1.29, 1.82) is 0 Å². The molecule has 0 bridgehead atoms. The first-order valence-corrected chi connectivity index (χ1v) is 5.28. The summed E-state index contributed by atoms with van der Waals surface area (Å²) in [5.74, 6) is 0.853. The Labute approximate surface area is 114 Å². The smallest absolute Gasteiger partial charge is 0.678 e. The van der Waals surface area contributed by atoms with Crippen LogP contribution < -0.4 is 23.6 Å². The first kappa shape index (κ1) is 13.7. The summed E-state index contributed by atoms with van der Waals surface area (Å²) in [4.78, 5) is 0. The van der Waals surface area contributed by atoms with Gasteiger partial charge in [-0.15, -0.1) is 11.4 Å². The molecule has 0 radical (unpaired) electrons. The molecule has 0 saturated heterocycles. The Bertz CT molecular complexity index is 456. The van der Waals surface area contributed by atoms with Crippen LogP contribution >= 0.6 is 0 Å². The standard InChI is InChI=1S/C14H14NO.Li/c1-11(12-5-3-4-6-12)15-13-7-9-14(16-2)10-8-13;/h3-5,7-11H,1-2H3;/q-1;+1/t11-;/m1./s1. The largest absolute Gasteiger partial charge is 1.00 e. The Morgan fingerprint density at radius 2 is 1.94 bits per heavy atom. The minimum atomic E-state index is 0. The van der Waals surface area contributed by atoms with E-state index in [-0.39, 0.29) is 24.9 Å². The van der Waals surface area contributed by atoms with Crippen LogP contribution in [0, 0.1) is 0 Å². The Morgan fingerprint density at radius 1 is 1.24 bits per heavy atom. The number of ether oxygens (including phenoxy) is 1. The van der Waals surface area contributed by atoms with Crippen LogP contribution in [0.1, 0.15) is 6.92 Å². The molecule has 0 saturated carbocycles. The summed E-state index contributed by atoms with van der Waals surface area (Å²) >= 11 is 0. The fourth-order valence-corrected chi connectivity index (χ4v) is 1.57. The quantitative estimate of drug-likeness (QED) is 0.541. The maximum Gasteiger partial charge on any atom is 1.00 e. The fraction of sp³-hybridized carbons (Fsp3) is 0.214. The zero-order chi connectivity index (χ0) is 11.4. The van der Waals surface area contributed by atoms with Gasteiger partial charge in [0.25, 0.3) is 0 Å². The number of methoxy groups -OCH3 is 1. The Morgan fingerprint density at radius 3 is 2.47 bits per heavy atom. The normalized spacial score (nSPS) is 13.9. The van der Waals surface area contributed by atoms with Gasteiger partial charge in [-0.25, -0.2) is 0 Å². The zero-order valence-electron chi connectivity index (χ0n) is 10.5.